The number of methoxy groups -OCH3 is 1. The molecule has 1 heterocycles. The number of carbonyl (C=O) groups excluding carboxylic acids is 1. The molecular formula is C22H28N2O5S. The first-order chi connectivity index (χ1) is 14.3. The van der Waals surface area contributed by atoms with E-state index in [1.54, 1.807) is 26.0 Å². The first-order valence-electron chi connectivity index (χ1n) is 9.95. The number of nitrogens with one attached hydrogen (secondary N) is 2. The number of amides is 1. The minimum Gasteiger partial charge on any atom is -0.497 e. The van der Waals surface area contributed by atoms with E-state index in [4.69, 9.17) is 9.47 Å². The van der Waals surface area contributed by atoms with E-state index in [0.29, 0.717) is 18.9 Å². The molecule has 162 valence electrons. The van der Waals surface area contributed by atoms with Crippen LogP contribution < -0.4 is 19.5 Å². The number of sulfonamides is 1. The Morgan fingerprint density at radius 3 is 2.53 bits per heavy atom. The number of hydrogen-bond donors (Lipinski definition) is 2. The molecule has 0 fully saturated rings. The van der Waals surface area contributed by atoms with Gasteiger partial charge in [0.1, 0.15) is 17.5 Å². The molecule has 2 aromatic rings. The lowest BCUT2D eigenvalue weighted by Crippen LogP contribution is -2.50. The van der Waals surface area contributed by atoms with Crippen LogP contribution >= 0.6 is 0 Å². The molecule has 0 saturated carbocycles. The second-order valence-electron chi connectivity index (χ2n) is 7.75. The Morgan fingerprint density at radius 2 is 1.87 bits per heavy atom. The van der Waals surface area contributed by atoms with Crippen LogP contribution in [0.25, 0.3) is 0 Å². The van der Waals surface area contributed by atoms with Crippen LogP contribution in [0.5, 0.6) is 11.5 Å². The van der Waals surface area contributed by atoms with E-state index in [2.05, 4.69) is 10.0 Å². The topological polar surface area (TPSA) is 93.7 Å². The maximum absolute atomic E-state index is 12.8. The Balaban J connectivity index is 1.62. The number of para-hydroxylation sites is 1. The highest BCUT2D eigenvalue weighted by Gasteiger charge is 2.29. The third-order valence-electron chi connectivity index (χ3n) is 5.12. The van der Waals surface area contributed by atoms with Crippen molar-refractivity contribution in [2.45, 2.75) is 31.2 Å². The Bertz CT molecular complexity index is 973. The summed E-state index contributed by atoms with van der Waals surface area (Å²) in [6.45, 7) is 4.55. The van der Waals surface area contributed by atoms with E-state index in [0.717, 1.165) is 17.7 Å². The summed E-state index contributed by atoms with van der Waals surface area (Å²) in [7, 11) is -2.34. The van der Waals surface area contributed by atoms with Crippen molar-refractivity contribution in [1.29, 1.82) is 0 Å². The monoisotopic (exact) mass is 432 g/mol. The molecular weight excluding hydrogens is 404 g/mol. The van der Waals surface area contributed by atoms with Crippen LogP contribution in [0.15, 0.2) is 53.4 Å². The van der Waals surface area contributed by atoms with Crippen molar-refractivity contribution < 1.29 is 22.7 Å². The van der Waals surface area contributed by atoms with Gasteiger partial charge in [0, 0.05) is 12.5 Å². The zero-order valence-corrected chi connectivity index (χ0v) is 18.2. The molecule has 8 heteroatoms. The average molecular weight is 433 g/mol. The molecule has 0 bridgehead atoms. The highest BCUT2D eigenvalue weighted by Crippen LogP contribution is 2.26. The summed E-state index contributed by atoms with van der Waals surface area (Å²) in [6, 6.07) is 13.0. The third-order valence-corrected chi connectivity index (χ3v) is 6.58. The van der Waals surface area contributed by atoms with Gasteiger partial charge >= 0.3 is 0 Å². The van der Waals surface area contributed by atoms with Crippen molar-refractivity contribution in [2.24, 2.45) is 11.8 Å². The third kappa shape index (κ3) is 5.31. The quantitative estimate of drug-likeness (QED) is 0.668. The van der Waals surface area contributed by atoms with Crippen LogP contribution in [0, 0.1) is 11.8 Å². The first-order valence-corrected chi connectivity index (χ1v) is 11.4. The Hall–Kier alpha value is -2.58. The molecule has 30 heavy (non-hydrogen) atoms. The maximum Gasteiger partial charge on any atom is 0.241 e. The van der Waals surface area contributed by atoms with Crippen LogP contribution in [0.4, 0.5) is 0 Å². The fourth-order valence-electron chi connectivity index (χ4n) is 3.36. The lowest BCUT2D eigenvalue weighted by Gasteiger charge is -2.27. The van der Waals surface area contributed by atoms with Gasteiger partial charge in [-0.25, -0.2) is 8.42 Å². The lowest BCUT2D eigenvalue weighted by molar-refractivity contribution is -0.123. The van der Waals surface area contributed by atoms with Gasteiger partial charge in [-0.3, -0.25) is 4.79 Å². The summed E-state index contributed by atoms with van der Waals surface area (Å²) in [5, 5.41) is 2.89. The molecule has 3 rings (SSSR count). The number of hydrogen-bond acceptors (Lipinski definition) is 5. The summed E-state index contributed by atoms with van der Waals surface area (Å²) in [5.41, 5.74) is 1.11. The molecule has 7 nitrogen and oxygen atoms in total. The standard InChI is InChI=1S/C22H28N2O5S/c1-15(2)21(24-30(26,27)19-10-8-18(28-3)9-11-19)22(25)23-13-16-12-17-6-4-5-7-20(17)29-14-16/h4-11,15-16,21,24H,12-14H2,1-3H3,(H,23,25)/t16?,21-/m0/s1. The van der Waals surface area contributed by atoms with E-state index >= 15 is 0 Å². The minimum absolute atomic E-state index is 0.0824. The maximum atomic E-state index is 12.8. The summed E-state index contributed by atoms with van der Waals surface area (Å²) in [4.78, 5) is 12.9. The molecule has 1 unspecified atom stereocenters. The smallest absolute Gasteiger partial charge is 0.241 e. The Morgan fingerprint density at radius 1 is 1.17 bits per heavy atom. The van der Waals surface area contributed by atoms with Crippen LogP contribution in [0.1, 0.15) is 19.4 Å². The normalized spacial score (nSPS) is 17.0. The second kappa shape index (κ2) is 9.49. The van der Waals surface area contributed by atoms with Gasteiger partial charge < -0.3 is 14.8 Å². The first kappa shape index (κ1) is 22.1. The van der Waals surface area contributed by atoms with Gasteiger partial charge in [0.2, 0.25) is 15.9 Å². The molecule has 0 radical (unpaired) electrons. The van der Waals surface area contributed by atoms with Gasteiger partial charge in [-0.2, -0.15) is 4.72 Å². The lowest BCUT2D eigenvalue weighted by atomic mass is 9.96. The molecule has 2 atom stereocenters. The number of benzene rings is 2. The fourth-order valence-corrected chi connectivity index (χ4v) is 4.70. The van der Waals surface area contributed by atoms with Crippen LogP contribution in [-0.2, 0) is 21.2 Å². The summed E-state index contributed by atoms with van der Waals surface area (Å²) in [5.74, 6) is 1.01. The fraction of sp³-hybridized carbons (Fsp3) is 0.409. The van der Waals surface area contributed by atoms with E-state index in [1.807, 2.05) is 24.3 Å². The molecule has 1 aliphatic rings. The predicted molar refractivity (Wildman–Crippen MR) is 114 cm³/mol. The minimum atomic E-state index is -3.85. The molecule has 1 amide bonds. The predicted octanol–water partition coefficient (Wildman–Crippen LogP) is 2.37. The SMILES string of the molecule is COc1ccc(S(=O)(=O)N[C@H](C(=O)NCC2COc3ccccc3C2)C(C)C)cc1. The molecule has 2 aromatic carbocycles. The molecule has 0 aliphatic carbocycles. The van der Waals surface area contributed by atoms with Crippen molar-refractivity contribution in [2.75, 3.05) is 20.3 Å². The number of ether oxygens (including phenoxy) is 2. The Kier molecular flexibility index (Phi) is 6.99. The van der Waals surface area contributed by atoms with Crippen molar-refractivity contribution in [3.8, 4) is 11.5 Å². The van der Waals surface area contributed by atoms with E-state index in [1.165, 1.54) is 19.2 Å². The van der Waals surface area contributed by atoms with Gasteiger partial charge in [0.25, 0.3) is 0 Å². The number of carbonyl (C=O) groups is 1. The van der Waals surface area contributed by atoms with Gasteiger partial charge in [0.15, 0.2) is 0 Å². The van der Waals surface area contributed by atoms with E-state index in [9.17, 15) is 13.2 Å². The van der Waals surface area contributed by atoms with Gasteiger partial charge in [0.05, 0.1) is 18.6 Å². The van der Waals surface area contributed by atoms with Gasteiger partial charge in [-0.05, 0) is 48.2 Å². The molecule has 0 saturated heterocycles. The van der Waals surface area contributed by atoms with Gasteiger partial charge in [-0.1, -0.05) is 32.0 Å². The molecule has 0 aromatic heterocycles. The summed E-state index contributed by atoms with van der Waals surface area (Å²) in [6.07, 6.45) is 0.806. The summed E-state index contributed by atoms with van der Waals surface area (Å²) >= 11 is 0. The molecule has 2 N–H and O–H groups in total. The van der Waals surface area contributed by atoms with Crippen LogP contribution in [-0.4, -0.2) is 40.6 Å². The van der Waals surface area contributed by atoms with Crippen molar-refractivity contribution in [3.63, 3.8) is 0 Å². The molecule has 1 aliphatic heterocycles. The molecule has 0 spiro atoms. The van der Waals surface area contributed by atoms with E-state index < -0.39 is 16.1 Å². The van der Waals surface area contributed by atoms with Gasteiger partial charge in [-0.15, -0.1) is 0 Å². The zero-order chi connectivity index (χ0) is 21.7. The average Bonchev–Trinajstić information content (AvgIpc) is 2.75. The van der Waals surface area contributed by atoms with Crippen LogP contribution in [0.2, 0.25) is 0 Å². The van der Waals surface area contributed by atoms with Crippen molar-refractivity contribution in [1.82, 2.24) is 10.0 Å². The summed E-state index contributed by atoms with van der Waals surface area (Å²) < 4.78 is 38.8. The van der Waals surface area contributed by atoms with E-state index in [-0.39, 0.29) is 22.6 Å². The van der Waals surface area contributed by atoms with Crippen LogP contribution in [0.3, 0.4) is 0 Å². The highest BCUT2D eigenvalue weighted by atomic mass is 32.2. The Labute approximate surface area is 177 Å². The second-order valence-corrected chi connectivity index (χ2v) is 9.47. The van der Waals surface area contributed by atoms with Crippen molar-refractivity contribution in [3.05, 3.63) is 54.1 Å². The van der Waals surface area contributed by atoms with Crippen molar-refractivity contribution >= 4 is 15.9 Å². The largest absolute Gasteiger partial charge is 0.497 e. The highest BCUT2D eigenvalue weighted by molar-refractivity contribution is 7.89. The zero-order valence-electron chi connectivity index (χ0n) is 17.4. The number of rotatable bonds is 8. The number of fused-ring (bicyclic) bond motifs is 1.